The lowest BCUT2D eigenvalue weighted by Gasteiger charge is -2.35. The van der Waals surface area contributed by atoms with Crippen LogP contribution in [0.15, 0.2) is 41.7 Å². The fourth-order valence-corrected chi connectivity index (χ4v) is 4.28. The Kier molecular flexibility index (Phi) is 6.72. The molecule has 1 aromatic heterocycles. The van der Waals surface area contributed by atoms with Gasteiger partial charge in [-0.05, 0) is 37.0 Å². The molecule has 2 aliphatic heterocycles. The highest BCUT2D eigenvalue weighted by Gasteiger charge is 2.27. The van der Waals surface area contributed by atoms with Crippen LogP contribution in [0.25, 0.3) is 0 Å². The second-order valence-electron chi connectivity index (χ2n) is 8.29. The zero-order valence-electron chi connectivity index (χ0n) is 18.8. The van der Waals surface area contributed by atoms with Crippen molar-refractivity contribution in [3.05, 3.63) is 47.8 Å². The molecule has 9 heteroatoms. The number of piperidine rings is 1. The first kappa shape index (κ1) is 21.9. The van der Waals surface area contributed by atoms with Gasteiger partial charge < -0.3 is 20.0 Å². The van der Waals surface area contributed by atoms with Crippen molar-refractivity contribution in [2.45, 2.75) is 25.8 Å². The maximum absolute atomic E-state index is 12.8. The molecular formula is C23H31N7O2. The van der Waals surface area contributed by atoms with E-state index >= 15 is 0 Å². The van der Waals surface area contributed by atoms with Crippen molar-refractivity contribution in [1.82, 2.24) is 24.9 Å². The molecule has 2 aliphatic rings. The van der Waals surface area contributed by atoms with Crippen LogP contribution >= 0.6 is 0 Å². The topological polar surface area (TPSA) is 86.1 Å². The molecule has 170 valence electrons. The van der Waals surface area contributed by atoms with Gasteiger partial charge in [-0.15, -0.1) is 0 Å². The number of carbonyl (C=O) groups excluding carboxylic acids is 2. The Balaban J connectivity index is 1.35. The SMILES string of the molecule is CN=C(NCc1cccc(C(=O)N2CCCCC2)c1)N1CCN(c2cnn(C)c2)C(=O)C1. The van der Waals surface area contributed by atoms with Crippen molar-refractivity contribution < 1.29 is 9.59 Å². The number of aryl methyl sites for hydroxylation is 1. The van der Waals surface area contributed by atoms with Crippen LogP contribution in [0.4, 0.5) is 5.69 Å². The van der Waals surface area contributed by atoms with Gasteiger partial charge in [0.25, 0.3) is 5.91 Å². The molecule has 0 unspecified atom stereocenters. The van der Waals surface area contributed by atoms with Crippen LogP contribution in [0.5, 0.6) is 0 Å². The maximum Gasteiger partial charge on any atom is 0.253 e. The van der Waals surface area contributed by atoms with Crippen molar-refractivity contribution in [3.63, 3.8) is 0 Å². The number of nitrogens with one attached hydrogen (secondary N) is 1. The molecule has 2 amide bonds. The fourth-order valence-electron chi connectivity index (χ4n) is 4.28. The molecule has 0 aliphatic carbocycles. The molecule has 0 spiro atoms. The van der Waals surface area contributed by atoms with E-state index in [1.54, 1.807) is 22.8 Å². The zero-order valence-corrected chi connectivity index (χ0v) is 18.8. The van der Waals surface area contributed by atoms with Gasteiger partial charge in [0.1, 0.15) is 6.54 Å². The first-order chi connectivity index (χ1) is 15.5. The van der Waals surface area contributed by atoms with E-state index in [0.29, 0.717) is 25.6 Å². The summed E-state index contributed by atoms with van der Waals surface area (Å²) in [6.45, 7) is 3.71. The van der Waals surface area contributed by atoms with Gasteiger partial charge in [0.15, 0.2) is 5.96 Å². The molecule has 0 bridgehead atoms. The van der Waals surface area contributed by atoms with Crippen LogP contribution in [0.2, 0.25) is 0 Å². The second kappa shape index (κ2) is 9.84. The van der Waals surface area contributed by atoms with Gasteiger partial charge in [-0.1, -0.05) is 12.1 Å². The summed E-state index contributed by atoms with van der Waals surface area (Å²) in [5.74, 6) is 0.798. The highest BCUT2D eigenvalue weighted by atomic mass is 16.2. The standard InChI is InChI=1S/C23H31N7O2/c1-24-23(29-11-12-30(21(31)17-29)20-15-26-27(2)16-20)25-14-18-7-6-8-19(13-18)22(32)28-9-4-3-5-10-28/h6-8,13,15-16H,3-5,9-12,14,17H2,1-2H3,(H,24,25). The van der Waals surface area contributed by atoms with E-state index in [-0.39, 0.29) is 18.4 Å². The van der Waals surface area contributed by atoms with E-state index in [2.05, 4.69) is 15.4 Å². The van der Waals surface area contributed by atoms with E-state index in [9.17, 15) is 9.59 Å². The van der Waals surface area contributed by atoms with Crippen molar-refractivity contribution in [2.75, 3.05) is 44.7 Å². The third kappa shape index (κ3) is 4.92. The van der Waals surface area contributed by atoms with Crippen LogP contribution in [-0.2, 0) is 18.4 Å². The van der Waals surface area contributed by atoms with E-state index in [1.165, 1.54) is 6.42 Å². The molecule has 2 saturated heterocycles. The summed E-state index contributed by atoms with van der Waals surface area (Å²) in [4.78, 5) is 35.5. The molecular weight excluding hydrogens is 406 g/mol. The zero-order chi connectivity index (χ0) is 22.5. The molecule has 3 heterocycles. The number of aromatic nitrogens is 2. The number of hydrogen-bond acceptors (Lipinski definition) is 4. The van der Waals surface area contributed by atoms with Gasteiger partial charge in [-0.3, -0.25) is 19.3 Å². The van der Waals surface area contributed by atoms with E-state index < -0.39 is 0 Å². The van der Waals surface area contributed by atoms with Gasteiger partial charge in [-0.2, -0.15) is 5.10 Å². The molecule has 32 heavy (non-hydrogen) atoms. The monoisotopic (exact) mass is 437 g/mol. The lowest BCUT2D eigenvalue weighted by molar-refractivity contribution is -0.120. The Morgan fingerprint density at radius 1 is 1.12 bits per heavy atom. The van der Waals surface area contributed by atoms with Crippen molar-refractivity contribution in [1.29, 1.82) is 0 Å². The Hall–Kier alpha value is -3.36. The maximum atomic E-state index is 12.8. The third-order valence-corrected chi connectivity index (χ3v) is 6.00. The molecule has 2 aromatic rings. The summed E-state index contributed by atoms with van der Waals surface area (Å²) >= 11 is 0. The quantitative estimate of drug-likeness (QED) is 0.578. The van der Waals surface area contributed by atoms with E-state index in [4.69, 9.17) is 0 Å². The largest absolute Gasteiger partial charge is 0.352 e. The summed E-state index contributed by atoms with van der Waals surface area (Å²) in [6.07, 6.45) is 6.91. The molecule has 2 fully saturated rings. The summed E-state index contributed by atoms with van der Waals surface area (Å²) in [7, 11) is 3.56. The summed E-state index contributed by atoms with van der Waals surface area (Å²) in [6, 6.07) is 7.75. The average Bonchev–Trinajstić information content (AvgIpc) is 3.25. The number of likely N-dealkylation sites (tertiary alicyclic amines) is 1. The van der Waals surface area contributed by atoms with E-state index in [1.807, 2.05) is 47.3 Å². The number of hydrogen-bond donors (Lipinski definition) is 1. The lowest BCUT2D eigenvalue weighted by atomic mass is 10.1. The Morgan fingerprint density at radius 3 is 2.62 bits per heavy atom. The predicted molar refractivity (Wildman–Crippen MR) is 124 cm³/mol. The smallest absolute Gasteiger partial charge is 0.253 e. The summed E-state index contributed by atoms with van der Waals surface area (Å²) in [5.41, 5.74) is 2.55. The van der Waals surface area contributed by atoms with Gasteiger partial charge in [-0.25, -0.2) is 0 Å². The molecule has 0 saturated carbocycles. The van der Waals surface area contributed by atoms with Crippen LogP contribution in [0, 0.1) is 0 Å². The molecule has 9 nitrogen and oxygen atoms in total. The molecule has 4 rings (SSSR count). The van der Waals surface area contributed by atoms with Crippen LogP contribution < -0.4 is 10.2 Å². The van der Waals surface area contributed by atoms with Crippen LogP contribution in [0.1, 0.15) is 35.2 Å². The Morgan fingerprint density at radius 2 is 1.94 bits per heavy atom. The normalized spacial score (nSPS) is 17.6. The summed E-state index contributed by atoms with van der Waals surface area (Å²) < 4.78 is 1.69. The van der Waals surface area contributed by atoms with Gasteiger partial charge in [0.05, 0.1) is 11.9 Å². The van der Waals surface area contributed by atoms with Crippen molar-refractivity contribution >= 4 is 23.5 Å². The number of guanidine groups is 1. The molecule has 1 aromatic carbocycles. The minimum Gasteiger partial charge on any atom is -0.352 e. The average molecular weight is 438 g/mol. The van der Waals surface area contributed by atoms with Crippen LogP contribution in [0.3, 0.4) is 0 Å². The molecule has 0 atom stereocenters. The molecule has 0 radical (unpaired) electrons. The van der Waals surface area contributed by atoms with E-state index in [0.717, 1.165) is 42.7 Å². The first-order valence-corrected chi connectivity index (χ1v) is 11.2. The minimum atomic E-state index is 0.0151. The highest BCUT2D eigenvalue weighted by Crippen LogP contribution is 2.17. The number of carbonyl (C=O) groups is 2. The predicted octanol–water partition coefficient (Wildman–Crippen LogP) is 1.47. The fraction of sp³-hybridized carbons (Fsp3) is 0.478. The van der Waals surface area contributed by atoms with Gasteiger partial charge in [0.2, 0.25) is 5.91 Å². The number of rotatable bonds is 4. The highest BCUT2D eigenvalue weighted by molar-refractivity contribution is 5.98. The van der Waals surface area contributed by atoms with Crippen molar-refractivity contribution in [3.8, 4) is 0 Å². The number of piperazine rings is 1. The Labute approximate surface area is 188 Å². The Bertz CT molecular complexity index is 994. The minimum absolute atomic E-state index is 0.0151. The first-order valence-electron chi connectivity index (χ1n) is 11.2. The lowest BCUT2D eigenvalue weighted by Crippen LogP contribution is -2.55. The van der Waals surface area contributed by atoms with Gasteiger partial charge in [0, 0.05) is 58.6 Å². The number of nitrogens with zero attached hydrogens (tertiary/aromatic N) is 6. The van der Waals surface area contributed by atoms with Crippen molar-refractivity contribution in [2.24, 2.45) is 12.0 Å². The third-order valence-electron chi connectivity index (χ3n) is 6.00. The summed E-state index contributed by atoms with van der Waals surface area (Å²) in [5, 5.41) is 7.50. The van der Waals surface area contributed by atoms with Crippen LogP contribution in [-0.4, -0.2) is 77.1 Å². The number of aliphatic imine (C=N–C) groups is 1. The molecule has 1 N–H and O–H groups in total. The number of benzene rings is 1. The number of amides is 2. The van der Waals surface area contributed by atoms with Gasteiger partial charge >= 0.3 is 0 Å². The number of anilines is 1. The second-order valence-corrected chi connectivity index (χ2v) is 8.29.